The molecule has 26 heavy (non-hydrogen) atoms. The van der Waals surface area contributed by atoms with Crippen LogP contribution in [0.25, 0.3) is 11.1 Å². The smallest absolute Gasteiger partial charge is 0.228 e. The van der Waals surface area contributed by atoms with Gasteiger partial charge in [-0.15, -0.1) is 0 Å². The van der Waals surface area contributed by atoms with Crippen molar-refractivity contribution in [1.29, 1.82) is 0 Å². The van der Waals surface area contributed by atoms with Crippen molar-refractivity contribution in [2.75, 3.05) is 10.6 Å². The average molecular weight is 349 g/mol. The molecule has 1 aliphatic heterocycles. The minimum absolute atomic E-state index is 0.0291. The zero-order valence-electron chi connectivity index (χ0n) is 14.5. The molecule has 0 spiro atoms. The van der Waals surface area contributed by atoms with E-state index >= 15 is 0 Å². The maximum Gasteiger partial charge on any atom is 0.228 e. The third-order valence-electron chi connectivity index (χ3n) is 4.44. The number of carbonyl (C=O) groups excluding carboxylic acids is 2. The van der Waals surface area contributed by atoms with Gasteiger partial charge < -0.3 is 15.1 Å². The Bertz CT molecular complexity index is 1010. The quantitative estimate of drug-likeness (QED) is 0.737. The van der Waals surface area contributed by atoms with E-state index in [0.717, 1.165) is 35.2 Å². The number of rotatable bonds is 5. The predicted octanol–water partition coefficient (Wildman–Crippen LogP) is 3.59. The van der Waals surface area contributed by atoms with Crippen molar-refractivity contribution >= 4 is 34.3 Å². The molecule has 0 saturated carbocycles. The standard InChI is InChI=1S/C20H19N3O3/c1-12-21-17-8-6-15(11-18(17)26-12)22-19(24)4-2-3-13-5-7-16-14(9-13)10-20(25)23-16/h5-9,11H,2-4,10H2,1H3,(H,22,24)(H,23,25). The summed E-state index contributed by atoms with van der Waals surface area (Å²) < 4.78 is 5.48. The van der Waals surface area contributed by atoms with Crippen LogP contribution in [0.1, 0.15) is 29.9 Å². The zero-order chi connectivity index (χ0) is 18.1. The molecule has 2 aromatic carbocycles. The van der Waals surface area contributed by atoms with Crippen LogP contribution in [-0.4, -0.2) is 16.8 Å². The van der Waals surface area contributed by atoms with Gasteiger partial charge in [0.1, 0.15) is 5.52 Å². The second-order valence-electron chi connectivity index (χ2n) is 6.53. The number of oxazole rings is 1. The molecule has 0 unspecified atom stereocenters. The molecule has 4 rings (SSSR count). The van der Waals surface area contributed by atoms with E-state index in [0.29, 0.717) is 30.0 Å². The number of hydrogen-bond acceptors (Lipinski definition) is 4. The first kappa shape index (κ1) is 16.3. The average Bonchev–Trinajstić information content (AvgIpc) is 3.14. The van der Waals surface area contributed by atoms with Gasteiger partial charge in [-0.3, -0.25) is 9.59 Å². The third kappa shape index (κ3) is 3.44. The predicted molar refractivity (Wildman–Crippen MR) is 99.1 cm³/mol. The number of fused-ring (bicyclic) bond motifs is 2. The van der Waals surface area contributed by atoms with Crippen molar-refractivity contribution in [2.45, 2.75) is 32.6 Å². The van der Waals surface area contributed by atoms with Gasteiger partial charge in [-0.2, -0.15) is 0 Å². The van der Waals surface area contributed by atoms with E-state index in [4.69, 9.17) is 4.42 Å². The molecular formula is C20H19N3O3. The summed E-state index contributed by atoms with van der Waals surface area (Å²) in [5.41, 5.74) is 5.24. The van der Waals surface area contributed by atoms with Gasteiger partial charge in [-0.25, -0.2) is 4.98 Å². The largest absolute Gasteiger partial charge is 0.441 e. The molecule has 0 saturated heterocycles. The number of nitrogens with zero attached hydrogens (tertiary/aromatic N) is 1. The Balaban J connectivity index is 1.31. The summed E-state index contributed by atoms with van der Waals surface area (Å²) in [4.78, 5) is 27.8. The van der Waals surface area contributed by atoms with Crippen LogP contribution in [-0.2, 0) is 22.4 Å². The molecule has 1 aromatic heterocycles. The van der Waals surface area contributed by atoms with E-state index in [1.165, 1.54) is 0 Å². The van der Waals surface area contributed by atoms with Crippen molar-refractivity contribution in [3.63, 3.8) is 0 Å². The molecule has 0 aliphatic carbocycles. The number of aromatic nitrogens is 1. The van der Waals surface area contributed by atoms with E-state index in [2.05, 4.69) is 15.6 Å². The lowest BCUT2D eigenvalue weighted by molar-refractivity contribution is -0.116. The highest BCUT2D eigenvalue weighted by Crippen LogP contribution is 2.24. The summed E-state index contributed by atoms with van der Waals surface area (Å²) >= 11 is 0. The molecule has 3 aromatic rings. The van der Waals surface area contributed by atoms with Crippen LogP contribution in [0.3, 0.4) is 0 Å². The number of nitrogens with one attached hydrogen (secondary N) is 2. The van der Waals surface area contributed by atoms with E-state index in [1.807, 2.05) is 30.3 Å². The third-order valence-corrected chi connectivity index (χ3v) is 4.44. The van der Waals surface area contributed by atoms with Gasteiger partial charge in [0.05, 0.1) is 6.42 Å². The van der Waals surface area contributed by atoms with E-state index in [1.54, 1.807) is 13.0 Å². The fourth-order valence-corrected chi connectivity index (χ4v) is 3.23. The van der Waals surface area contributed by atoms with Gasteiger partial charge in [0.2, 0.25) is 11.8 Å². The molecule has 132 valence electrons. The summed E-state index contributed by atoms with van der Waals surface area (Å²) in [6, 6.07) is 11.4. The molecule has 0 bridgehead atoms. The number of aryl methyl sites for hydroxylation is 2. The van der Waals surface area contributed by atoms with Crippen LogP contribution >= 0.6 is 0 Å². The molecule has 2 N–H and O–H groups in total. The first-order chi connectivity index (χ1) is 12.6. The van der Waals surface area contributed by atoms with Crippen LogP contribution in [0, 0.1) is 6.92 Å². The number of anilines is 2. The van der Waals surface area contributed by atoms with Crippen molar-refractivity contribution in [1.82, 2.24) is 4.98 Å². The summed E-state index contributed by atoms with van der Waals surface area (Å²) in [5.74, 6) is 0.615. The summed E-state index contributed by atoms with van der Waals surface area (Å²) in [6.45, 7) is 1.79. The van der Waals surface area contributed by atoms with Crippen LogP contribution in [0.4, 0.5) is 11.4 Å². The normalized spacial score (nSPS) is 12.9. The Morgan fingerprint density at radius 2 is 2.15 bits per heavy atom. The molecule has 2 amide bonds. The van der Waals surface area contributed by atoms with Gasteiger partial charge in [0.25, 0.3) is 0 Å². The zero-order valence-corrected chi connectivity index (χ0v) is 14.5. The second-order valence-corrected chi connectivity index (χ2v) is 6.53. The lowest BCUT2D eigenvalue weighted by Gasteiger charge is -2.06. The fourth-order valence-electron chi connectivity index (χ4n) is 3.23. The first-order valence-corrected chi connectivity index (χ1v) is 8.65. The molecule has 0 atom stereocenters. The van der Waals surface area contributed by atoms with Crippen molar-refractivity contribution in [3.05, 3.63) is 53.4 Å². The maximum absolute atomic E-state index is 12.2. The molecule has 0 radical (unpaired) electrons. The lowest BCUT2D eigenvalue weighted by atomic mass is 10.0. The Morgan fingerprint density at radius 3 is 3.04 bits per heavy atom. The van der Waals surface area contributed by atoms with Crippen molar-refractivity contribution in [2.24, 2.45) is 0 Å². The van der Waals surface area contributed by atoms with Crippen LogP contribution in [0.15, 0.2) is 40.8 Å². The van der Waals surface area contributed by atoms with Crippen molar-refractivity contribution in [3.8, 4) is 0 Å². The van der Waals surface area contributed by atoms with Crippen LogP contribution in [0.5, 0.6) is 0 Å². The van der Waals surface area contributed by atoms with E-state index in [-0.39, 0.29) is 11.8 Å². The fraction of sp³-hybridized carbons (Fsp3) is 0.250. The second kappa shape index (κ2) is 6.63. The molecule has 6 nitrogen and oxygen atoms in total. The van der Waals surface area contributed by atoms with Crippen LogP contribution < -0.4 is 10.6 Å². The SMILES string of the molecule is Cc1nc2ccc(NC(=O)CCCc3ccc4c(c3)CC(=O)N4)cc2o1. The molecule has 0 fully saturated rings. The summed E-state index contributed by atoms with van der Waals surface area (Å²) in [5, 5.41) is 5.72. The van der Waals surface area contributed by atoms with E-state index < -0.39 is 0 Å². The maximum atomic E-state index is 12.2. The van der Waals surface area contributed by atoms with Gasteiger partial charge >= 0.3 is 0 Å². The lowest BCUT2D eigenvalue weighted by Crippen LogP contribution is -2.11. The minimum atomic E-state index is -0.0291. The Labute approximate surface area is 150 Å². The summed E-state index contributed by atoms with van der Waals surface area (Å²) in [7, 11) is 0. The van der Waals surface area contributed by atoms with Gasteiger partial charge in [-0.05, 0) is 42.2 Å². The molecule has 6 heteroatoms. The first-order valence-electron chi connectivity index (χ1n) is 8.65. The summed E-state index contributed by atoms with van der Waals surface area (Å²) in [6.07, 6.45) is 2.42. The number of hydrogen-bond donors (Lipinski definition) is 2. The number of amides is 2. The van der Waals surface area contributed by atoms with Crippen LogP contribution in [0.2, 0.25) is 0 Å². The monoisotopic (exact) mass is 349 g/mol. The van der Waals surface area contributed by atoms with Gasteiger partial charge in [0.15, 0.2) is 11.5 Å². The topological polar surface area (TPSA) is 84.2 Å². The van der Waals surface area contributed by atoms with E-state index in [9.17, 15) is 9.59 Å². The highest BCUT2D eigenvalue weighted by Gasteiger charge is 2.17. The highest BCUT2D eigenvalue weighted by atomic mass is 16.3. The number of carbonyl (C=O) groups is 2. The Morgan fingerprint density at radius 1 is 1.27 bits per heavy atom. The molecular weight excluding hydrogens is 330 g/mol. The van der Waals surface area contributed by atoms with Gasteiger partial charge in [-0.1, -0.05) is 12.1 Å². The van der Waals surface area contributed by atoms with Gasteiger partial charge in [0, 0.05) is 30.8 Å². The minimum Gasteiger partial charge on any atom is -0.441 e. The highest BCUT2D eigenvalue weighted by molar-refractivity contribution is 5.99. The molecule has 1 aliphatic rings. The Kier molecular flexibility index (Phi) is 4.16. The number of benzene rings is 2. The molecule has 2 heterocycles. The van der Waals surface area contributed by atoms with Crippen molar-refractivity contribution < 1.29 is 14.0 Å². The Hall–Kier alpha value is -3.15.